The Morgan fingerprint density at radius 3 is 2.52 bits per heavy atom. The van der Waals surface area contributed by atoms with E-state index in [1.54, 1.807) is 4.31 Å². The minimum atomic E-state index is -3.23. The van der Waals surface area contributed by atoms with Crippen molar-refractivity contribution in [2.75, 3.05) is 13.6 Å². The lowest BCUT2D eigenvalue weighted by Crippen LogP contribution is -2.39. The van der Waals surface area contributed by atoms with Gasteiger partial charge in [-0.05, 0) is 31.0 Å². The molecule has 0 atom stereocenters. The largest absolute Gasteiger partial charge is 0.316 e. The lowest BCUT2D eigenvalue weighted by atomic mass is 10.1. The maximum Gasteiger partial charge on any atom is 0.218 e. The highest BCUT2D eigenvalue weighted by molar-refractivity contribution is 7.88. The minimum Gasteiger partial charge on any atom is -0.316 e. The second kappa shape index (κ2) is 7.38. The van der Waals surface area contributed by atoms with Crippen LogP contribution in [-0.4, -0.2) is 32.4 Å². The van der Waals surface area contributed by atoms with E-state index in [2.05, 4.69) is 5.32 Å². The van der Waals surface area contributed by atoms with E-state index in [1.807, 2.05) is 38.2 Å². The van der Waals surface area contributed by atoms with Crippen LogP contribution in [-0.2, 0) is 22.3 Å². The van der Waals surface area contributed by atoms with Gasteiger partial charge in [-0.25, -0.2) is 8.42 Å². The Labute approximate surface area is 128 Å². The van der Waals surface area contributed by atoms with Gasteiger partial charge in [-0.2, -0.15) is 4.31 Å². The molecule has 1 aliphatic rings. The van der Waals surface area contributed by atoms with Gasteiger partial charge in [0.05, 0.1) is 5.75 Å². The molecule has 0 aromatic heterocycles. The van der Waals surface area contributed by atoms with Gasteiger partial charge >= 0.3 is 0 Å². The van der Waals surface area contributed by atoms with Crippen LogP contribution in [0.2, 0.25) is 0 Å². The molecule has 0 radical (unpaired) electrons. The van der Waals surface area contributed by atoms with Gasteiger partial charge < -0.3 is 5.32 Å². The standard InChI is InChI=1S/C16H26N2O2S/c1-3-18(16-9-4-5-10-16)21(19,20)13-15-8-6-7-14(11-15)12-17-2/h6-8,11,16-17H,3-5,9-10,12-13H2,1-2H3. The van der Waals surface area contributed by atoms with Crippen LogP contribution in [0, 0.1) is 0 Å². The summed E-state index contributed by atoms with van der Waals surface area (Å²) in [6.45, 7) is 3.27. The molecule has 0 spiro atoms. The Kier molecular flexibility index (Phi) is 5.79. The van der Waals surface area contributed by atoms with E-state index in [9.17, 15) is 8.42 Å². The van der Waals surface area contributed by atoms with Crippen molar-refractivity contribution in [3.63, 3.8) is 0 Å². The predicted molar refractivity (Wildman–Crippen MR) is 86.5 cm³/mol. The van der Waals surface area contributed by atoms with Gasteiger partial charge in [0, 0.05) is 19.1 Å². The summed E-state index contributed by atoms with van der Waals surface area (Å²) in [4.78, 5) is 0. The molecule has 5 heteroatoms. The van der Waals surface area contributed by atoms with Crippen LogP contribution >= 0.6 is 0 Å². The average molecular weight is 310 g/mol. The third-order valence-electron chi connectivity index (χ3n) is 4.12. The van der Waals surface area contributed by atoms with Crippen LogP contribution in [0.5, 0.6) is 0 Å². The van der Waals surface area contributed by atoms with E-state index in [0.717, 1.165) is 43.4 Å². The first-order chi connectivity index (χ1) is 10.1. The highest BCUT2D eigenvalue weighted by atomic mass is 32.2. The zero-order chi connectivity index (χ0) is 15.3. The maximum absolute atomic E-state index is 12.7. The molecule has 1 N–H and O–H groups in total. The van der Waals surface area contributed by atoms with E-state index < -0.39 is 10.0 Å². The van der Waals surface area contributed by atoms with Crippen molar-refractivity contribution < 1.29 is 8.42 Å². The highest BCUT2D eigenvalue weighted by Gasteiger charge is 2.30. The third kappa shape index (κ3) is 4.28. The van der Waals surface area contributed by atoms with Gasteiger partial charge in [0.2, 0.25) is 10.0 Å². The van der Waals surface area contributed by atoms with Crippen LogP contribution in [0.25, 0.3) is 0 Å². The number of hydrogen-bond acceptors (Lipinski definition) is 3. The van der Waals surface area contributed by atoms with E-state index in [1.165, 1.54) is 0 Å². The van der Waals surface area contributed by atoms with Gasteiger partial charge in [-0.15, -0.1) is 0 Å². The second-order valence-corrected chi connectivity index (χ2v) is 7.67. The molecule has 1 saturated carbocycles. The fourth-order valence-corrected chi connectivity index (χ4v) is 5.03. The molecule has 0 amide bonds. The molecular formula is C16H26N2O2S. The summed E-state index contributed by atoms with van der Waals surface area (Å²) >= 11 is 0. The summed E-state index contributed by atoms with van der Waals surface area (Å²) in [5.74, 6) is 0.106. The third-order valence-corrected chi connectivity index (χ3v) is 6.09. The number of rotatable bonds is 7. The topological polar surface area (TPSA) is 49.4 Å². The fourth-order valence-electron chi connectivity index (χ4n) is 3.20. The molecule has 1 aromatic carbocycles. The first-order valence-corrected chi connectivity index (χ1v) is 9.39. The van der Waals surface area contributed by atoms with Gasteiger partial charge in [0.25, 0.3) is 0 Å². The summed E-state index contributed by atoms with van der Waals surface area (Å²) in [6, 6.07) is 8.04. The van der Waals surface area contributed by atoms with Crippen molar-refractivity contribution in [3.05, 3.63) is 35.4 Å². The van der Waals surface area contributed by atoms with Gasteiger partial charge in [-0.3, -0.25) is 0 Å². The number of hydrogen-bond donors (Lipinski definition) is 1. The summed E-state index contributed by atoms with van der Waals surface area (Å²) in [6.07, 6.45) is 4.31. The Balaban J connectivity index is 2.13. The molecule has 1 aliphatic carbocycles. The second-order valence-electron chi connectivity index (χ2n) is 5.75. The molecule has 1 fully saturated rings. The van der Waals surface area contributed by atoms with E-state index in [0.29, 0.717) is 6.54 Å². The summed E-state index contributed by atoms with van der Waals surface area (Å²) < 4.78 is 27.1. The molecule has 2 rings (SSSR count). The van der Waals surface area contributed by atoms with Crippen molar-refractivity contribution in [3.8, 4) is 0 Å². The quantitative estimate of drug-likeness (QED) is 0.842. The van der Waals surface area contributed by atoms with Gasteiger partial charge in [0.15, 0.2) is 0 Å². The molecule has 0 heterocycles. The Bertz CT molecular complexity index is 551. The Hall–Kier alpha value is -0.910. The van der Waals surface area contributed by atoms with Crippen molar-refractivity contribution in [1.82, 2.24) is 9.62 Å². The summed E-state index contributed by atoms with van der Waals surface area (Å²) in [7, 11) is -1.34. The fraction of sp³-hybridized carbons (Fsp3) is 0.625. The monoisotopic (exact) mass is 310 g/mol. The Morgan fingerprint density at radius 2 is 1.90 bits per heavy atom. The van der Waals surface area contributed by atoms with Crippen LogP contribution in [0.4, 0.5) is 0 Å². The molecule has 0 aliphatic heterocycles. The highest BCUT2D eigenvalue weighted by Crippen LogP contribution is 2.26. The van der Waals surface area contributed by atoms with Crippen molar-refractivity contribution in [2.24, 2.45) is 0 Å². The lowest BCUT2D eigenvalue weighted by Gasteiger charge is -2.26. The number of nitrogens with zero attached hydrogens (tertiary/aromatic N) is 1. The van der Waals surface area contributed by atoms with Crippen molar-refractivity contribution >= 4 is 10.0 Å². The lowest BCUT2D eigenvalue weighted by molar-refractivity contribution is 0.335. The number of nitrogens with one attached hydrogen (secondary N) is 1. The predicted octanol–water partition coefficient (Wildman–Crippen LogP) is 2.50. The zero-order valence-electron chi connectivity index (χ0n) is 13.0. The van der Waals surface area contributed by atoms with E-state index in [4.69, 9.17) is 0 Å². The van der Waals surface area contributed by atoms with Crippen LogP contribution in [0.15, 0.2) is 24.3 Å². The number of benzene rings is 1. The van der Waals surface area contributed by atoms with Crippen molar-refractivity contribution in [2.45, 2.75) is 50.9 Å². The van der Waals surface area contributed by atoms with Crippen LogP contribution in [0.3, 0.4) is 0 Å². The smallest absolute Gasteiger partial charge is 0.218 e. The average Bonchev–Trinajstić information content (AvgIpc) is 2.93. The minimum absolute atomic E-state index is 0.106. The van der Waals surface area contributed by atoms with Crippen molar-refractivity contribution in [1.29, 1.82) is 0 Å². The SMILES string of the molecule is CCN(C1CCCC1)S(=O)(=O)Cc1cccc(CNC)c1. The van der Waals surface area contributed by atoms with E-state index in [-0.39, 0.29) is 11.8 Å². The molecule has 1 aromatic rings. The molecule has 21 heavy (non-hydrogen) atoms. The maximum atomic E-state index is 12.7. The van der Waals surface area contributed by atoms with E-state index >= 15 is 0 Å². The normalized spacial score (nSPS) is 16.7. The molecule has 0 bridgehead atoms. The molecule has 0 unspecified atom stereocenters. The molecular weight excluding hydrogens is 284 g/mol. The summed E-state index contributed by atoms with van der Waals surface area (Å²) in [5.41, 5.74) is 1.99. The first-order valence-electron chi connectivity index (χ1n) is 7.78. The molecule has 4 nitrogen and oxygen atoms in total. The van der Waals surface area contributed by atoms with Gasteiger partial charge in [-0.1, -0.05) is 44.0 Å². The van der Waals surface area contributed by atoms with Crippen LogP contribution in [0.1, 0.15) is 43.7 Å². The van der Waals surface area contributed by atoms with Gasteiger partial charge in [0.1, 0.15) is 0 Å². The summed E-state index contributed by atoms with van der Waals surface area (Å²) in [5, 5.41) is 3.09. The Morgan fingerprint density at radius 1 is 1.24 bits per heavy atom. The van der Waals surface area contributed by atoms with Crippen LogP contribution < -0.4 is 5.32 Å². The molecule has 0 saturated heterocycles. The number of sulfonamides is 1. The molecule has 118 valence electrons. The first kappa shape index (κ1) is 16.5. The zero-order valence-corrected chi connectivity index (χ0v) is 13.8.